The molecule has 1 aliphatic carbocycles. The Balaban J connectivity index is 1.95. The minimum atomic E-state index is -0.410. The molecule has 1 heterocycles. The molecule has 1 saturated carbocycles. The van der Waals surface area contributed by atoms with Crippen LogP contribution in [0.25, 0.3) is 10.9 Å². The van der Waals surface area contributed by atoms with Gasteiger partial charge in [0, 0.05) is 36.9 Å². The van der Waals surface area contributed by atoms with Crippen molar-refractivity contribution in [3.63, 3.8) is 0 Å². The molecule has 0 amide bonds. The first-order valence-corrected chi connectivity index (χ1v) is 7.49. The number of aromatic amines is 1. The van der Waals surface area contributed by atoms with Crippen LogP contribution in [-0.4, -0.2) is 32.1 Å². The third-order valence-electron chi connectivity index (χ3n) is 4.15. The zero-order valence-corrected chi connectivity index (χ0v) is 13.1. The van der Waals surface area contributed by atoms with E-state index in [1.54, 1.807) is 20.3 Å². The van der Waals surface area contributed by atoms with Gasteiger partial charge in [0.1, 0.15) is 12.4 Å². The number of H-pyrrole nitrogens is 1. The van der Waals surface area contributed by atoms with Crippen LogP contribution in [0.15, 0.2) is 23.0 Å². The second kappa shape index (κ2) is 6.10. The predicted octanol–water partition coefficient (Wildman–Crippen LogP) is 2.71. The third-order valence-corrected chi connectivity index (χ3v) is 4.15. The molecule has 1 aromatic heterocycles. The number of nitrogens with one attached hydrogen (secondary N) is 1. The largest absolute Gasteiger partial charge is 0.488 e. The van der Waals surface area contributed by atoms with E-state index in [0.29, 0.717) is 17.9 Å². The second-order valence-electron chi connectivity index (χ2n) is 5.69. The molecule has 0 spiro atoms. The lowest BCUT2D eigenvalue weighted by molar-refractivity contribution is -0.122. The molecule has 0 saturated heterocycles. The Bertz CT molecular complexity index is 729. The highest BCUT2D eigenvalue weighted by Crippen LogP contribution is 2.39. The second-order valence-corrected chi connectivity index (χ2v) is 5.69. The van der Waals surface area contributed by atoms with Crippen molar-refractivity contribution in [2.75, 3.05) is 20.8 Å². The fourth-order valence-electron chi connectivity index (χ4n) is 2.62. The molecule has 1 fully saturated rings. The van der Waals surface area contributed by atoms with Gasteiger partial charge in [0.25, 0.3) is 0 Å². The Labute approximate surface area is 129 Å². The Morgan fingerprint density at radius 1 is 1.27 bits per heavy atom. The van der Waals surface area contributed by atoms with E-state index in [4.69, 9.17) is 14.2 Å². The van der Waals surface area contributed by atoms with Gasteiger partial charge in [-0.1, -0.05) is 0 Å². The molecule has 1 aromatic carbocycles. The molecule has 22 heavy (non-hydrogen) atoms. The number of hydrogen-bond acceptors (Lipinski definition) is 4. The van der Waals surface area contributed by atoms with Crippen molar-refractivity contribution < 1.29 is 14.2 Å². The summed E-state index contributed by atoms with van der Waals surface area (Å²) in [6.45, 7) is 2.25. The summed E-state index contributed by atoms with van der Waals surface area (Å²) in [7, 11) is 3.15. The van der Waals surface area contributed by atoms with Crippen LogP contribution in [0.2, 0.25) is 0 Å². The molecular weight excluding hydrogens is 282 g/mol. The maximum absolute atomic E-state index is 12.3. The minimum Gasteiger partial charge on any atom is -0.488 e. The summed E-state index contributed by atoms with van der Waals surface area (Å²) in [5, 5.41) is 0.698. The highest BCUT2D eigenvalue weighted by Gasteiger charge is 2.25. The van der Waals surface area contributed by atoms with E-state index in [2.05, 4.69) is 4.98 Å². The molecule has 3 rings (SSSR count). The maximum atomic E-state index is 12.3. The molecule has 118 valence electrons. The number of ether oxygens (including phenoxy) is 3. The van der Waals surface area contributed by atoms with E-state index in [1.165, 1.54) is 0 Å². The van der Waals surface area contributed by atoms with Gasteiger partial charge >= 0.3 is 0 Å². The molecule has 0 unspecified atom stereocenters. The molecule has 5 nitrogen and oxygen atoms in total. The van der Waals surface area contributed by atoms with E-state index in [-0.39, 0.29) is 5.43 Å². The molecule has 0 aliphatic heterocycles. The topological polar surface area (TPSA) is 60.5 Å². The Morgan fingerprint density at radius 2 is 2.00 bits per heavy atom. The van der Waals surface area contributed by atoms with E-state index >= 15 is 0 Å². The molecule has 2 aromatic rings. The summed E-state index contributed by atoms with van der Waals surface area (Å²) in [5.41, 5.74) is 2.89. The van der Waals surface area contributed by atoms with Crippen LogP contribution in [0.4, 0.5) is 0 Å². The van der Waals surface area contributed by atoms with Gasteiger partial charge in [0.2, 0.25) is 0 Å². The van der Waals surface area contributed by atoms with Crippen LogP contribution < -0.4 is 10.2 Å². The van der Waals surface area contributed by atoms with Gasteiger partial charge in [-0.3, -0.25) is 4.79 Å². The Kier molecular flexibility index (Phi) is 4.18. The van der Waals surface area contributed by atoms with Gasteiger partial charge < -0.3 is 19.2 Å². The number of fused-ring (bicyclic) bond motifs is 1. The smallest absolute Gasteiger partial charge is 0.191 e. The van der Waals surface area contributed by atoms with Crippen molar-refractivity contribution >= 4 is 10.9 Å². The average molecular weight is 303 g/mol. The van der Waals surface area contributed by atoms with E-state index in [1.807, 2.05) is 19.1 Å². The fraction of sp³-hybridized carbons (Fsp3) is 0.471. The first-order valence-electron chi connectivity index (χ1n) is 7.49. The van der Waals surface area contributed by atoms with E-state index < -0.39 is 6.29 Å². The Hall–Kier alpha value is -1.85. The summed E-state index contributed by atoms with van der Waals surface area (Å²) in [4.78, 5) is 15.7. The molecule has 1 N–H and O–H groups in total. The first kappa shape index (κ1) is 15.1. The number of benzene rings is 1. The standard InChI is InChI=1S/C17H21NO4/c1-10-15(22-9-16(20-2)21-3)7-6-12-14(19)8-13(11-4-5-11)18-17(10)12/h6-8,11,16H,4-5,9H2,1-3H3,(H,18,19). The van der Waals surface area contributed by atoms with E-state index in [0.717, 1.165) is 35.4 Å². The summed E-state index contributed by atoms with van der Waals surface area (Å²) >= 11 is 0. The highest BCUT2D eigenvalue weighted by molar-refractivity contribution is 5.84. The van der Waals surface area contributed by atoms with Crippen LogP contribution in [0, 0.1) is 6.92 Å². The number of hydrogen-bond donors (Lipinski definition) is 1. The van der Waals surface area contributed by atoms with Gasteiger partial charge in [-0.2, -0.15) is 0 Å². The highest BCUT2D eigenvalue weighted by atomic mass is 16.7. The van der Waals surface area contributed by atoms with Gasteiger partial charge in [0.05, 0.1) is 5.52 Å². The number of methoxy groups -OCH3 is 2. The van der Waals surface area contributed by atoms with Crippen LogP contribution >= 0.6 is 0 Å². The predicted molar refractivity (Wildman–Crippen MR) is 84.6 cm³/mol. The van der Waals surface area contributed by atoms with Gasteiger partial charge in [-0.25, -0.2) is 0 Å². The van der Waals surface area contributed by atoms with Crippen molar-refractivity contribution in [1.29, 1.82) is 0 Å². The van der Waals surface area contributed by atoms with Gasteiger partial charge in [0.15, 0.2) is 11.7 Å². The quantitative estimate of drug-likeness (QED) is 0.834. The molecular formula is C17H21NO4. The minimum absolute atomic E-state index is 0.0666. The molecule has 0 radical (unpaired) electrons. The van der Waals surface area contributed by atoms with Gasteiger partial charge in [-0.15, -0.1) is 0 Å². The number of pyridine rings is 1. The van der Waals surface area contributed by atoms with E-state index in [9.17, 15) is 4.79 Å². The van der Waals surface area contributed by atoms with Crippen LogP contribution in [0.1, 0.15) is 30.0 Å². The number of rotatable bonds is 6. The van der Waals surface area contributed by atoms with Crippen molar-refractivity contribution in [3.8, 4) is 5.75 Å². The van der Waals surface area contributed by atoms with Crippen LogP contribution in [0.3, 0.4) is 0 Å². The summed E-state index contributed by atoms with van der Waals surface area (Å²) < 4.78 is 16.0. The van der Waals surface area contributed by atoms with Crippen LogP contribution in [0.5, 0.6) is 5.75 Å². The SMILES string of the molecule is COC(COc1ccc2c(=O)cc(C3CC3)[nH]c2c1C)OC. The van der Waals surface area contributed by atoms with Crippen molar-refractivity contribution in [1.82, 2.24) is 4.98 Å². The molecule has 5 heteroatoms. The fourth-order valence-corrected chi connectivity index (χ4v) is 2.62. The van der Waals surface area contributed by atoms with Crippen LogP contribution in [-0.2, 0) is 9.47 Å². The normalized spacial score (nSPS) is 14.7. The summed E-state index contributed by atoms with van der Waals surface area (Å²) in [6, 6.07) is 5.36. The number of aryl methyl sites for hydroxylation is 1. The summed E-state index contributed by atoms with van der Waals surface area (Å²) in [6.07, 6.45) is 1.90. The zero-order valence-electron chi connectivity index (χ0n) is 13.1. The molecule has 0 bridgehead atoms. The first-order chi connectivity index (χ1) is 10.6. The van der Waals surface area contributed by atoms with Gasteiger partial charge in [-0.05, 0) is 37.8 Å². The zero-order chi connectivity index (χ0) is 15.7. The Morgan fingerprint density at radius 3 is 2.64 bits per heavy atom. The van der Waals surface area contributed by atoms with Crippen molar-refractivity contribution in [3.05, 3.63) is 39.7 Å². The average Bonchev–Trinajstić information content (AvgIpc) is 3.35. The third kappa shape index (κ3) is 2.87. The molecule has 1 aliphatic rings. The maximum Gasteiger partial charge on any atom is 0.191 e. The lowest BCUT2D eigenvalue weighted by Gasteiger charge is -2.16. The monoisotopic (exact) mass is 303 g/mol. The lowest BCUT2D eigenvalue weighted by Crippen LogP contribution is -2.22. The van der Waals surface area contributed by atoms with Crippen molar-refractivity contribution in [2.24, 2.45) is 0 Å². The van der Waals surface area contributed by atoms with Crippen molar-refractivity contribution in [2.45, 2.75) is 32.0 Å². The lowest BCUT2D eigenvalue weighted by atomic mass is 10.1. The summed E-state index contributed by atoms with van der Waals surface area (Å²) in [5.74, 6) is 1.24. The molecule has 0 atom stereocenters. The number of aromatic nitrogens is 1.